The Bertz CT molecular complexity index is 647. The molecule has 1 unspecified atom stereocenters. The molecule has 1 aliphatic heterocycles. The summed E-state index contributed by atoms with van der Waals surface area (Å²) in [7, 11) is 0. The number of carbonyl (C=O) groups excluding carboxylic acids is 2. The van der Waals surface area contributed by atoms with E-state index in [1.54, 1.807) is 4.57 Å². The quantitative estimate of drug-likeness (QED) is 0.718. The van der Waals surface area contributed by atoms with Gasteiger partial charge in [-0.15, -0.1) is 0 Å². The minimum atomic E-state index is -0.463. The summed E-state index contributed by atoms with van der Waals surface area (Å²) in [4.78, 5) is 27.2. The van der Waals surface area contributed by atoms with Gasteiger partial charge in [-0.05, 0) is 18.6 Å². The number of imidazole rings is 1. The maximum absolute atomic E-state index is 11.9. The van der Waals surface area contributed by atoms with Crippen molar-refractivity contribution in [3.05, 3.63) is 24.3 Å². The van der Waals surface area contributed by atoms with E-state index in [1.807, 2.05) is 24.3 Å². The van der Waals surface area contributed by atoms with Gasteiger partial charge >= 0.3 is 0 Å². The fourth-order valence-electron chi connectivity index (χ4n) is 2.32. The van der Waals surface area contributed by atoms with Crippen LogP contribution in [0.3, 0.4) is 0 Å². The monoisotopic (exact) mass is 244 g/mol. The number of para-hydroxylation sites is 2. The summed E-state index contributed by atoms with van der Waals surface area (Å²) in [5, 5.41) is 2.33. The topological polar surface area (TPSA) is 90.0 Å². The molecule has 0 bridgehead atoms. The van der Waals surface area contributed by atoms with Gasteiger partial charge in [-0.1, -0.05) is 12.1 Å². The summed E-state index contributed by atoms with van der Waals surface area (Å²) < 4.78 is 1.69. The van der Waals surface area contributed by atoms with Gasteiger partial charge < -0.3 is 5.73 Å². The van der Waals surface area contributed by atoms with Crippen molar-refractivity contribution < 1.29 is 9.59 Å². The first-order chi connectivity index (χ1) is 8.66. The molecule has 0 radical (unpaired) electrons. The Hall–Kier alpha value is -2.37. The van der Waals surface area contributed by atoms with Gasteiger partial charge in [0.05, 0.1) is 11.0 Å². The highest BCUT2D eigenvalue weighted by molar-refractivity contribution is 6.00. The third-order valence-electron chi connectivity index (χ3n) is 3.14. The number of rotatable bonds is 1. The number of piperidine rings is 1. The molecular formula is C12H12N4O2. The predicted octanol–water partition coefficient (Wildman–Crippen LogP) is 0.596. The molecule has 18 heavy (non-hydrogen) atoms. The second kappa shape index (κ2) is 3.83. The molecule has 92 valence electrons. The number of nitrogens with zero attached hydrogens (tertiary/aromatic N) is 2. The van der Waals surface area contributed by atoms with Crippen LogP contribution in [0.2, 0.25) is 0 Å². The van der Waals surface area contributed by atoms with Gasteiger partial charge in [-0.25, -0.2) is 4.98 Å². The zero-order chi connectivity index (χ0) is 12.7. The molecule has 1 aliphatic rings. The Morgan fingerprint density at radius 1 is 1.33 bits per heavy atom. The fourth-order valence-corrected chi connectivity index (χ4v) is 2.32. The number of amides is 2. The molecule has 1 fully saturated rings. The van der Waals surface area contributed by atoms with Crippen LogP contribution >= 0.6 is 0 Å². The third-order valence-corrected chi connectivity index (χ3v) is 3.14. The Morgan fingerprint density at radius 3 is 2.89 bits per heavy atom. The normalized spacial score (nSPS) is 20.1. The minimum Gasteiger partial charge on any atom is -0.369 e. The first-order valence-corrected chi connectivity index (χ1v) is 5.73. The number of nitrogens with one attached hydrogen (secondary N) is 1. The van der Waals surface area contributed by atoms with E-state index < -0.39 is 6.04 Å². The number of imide groups is 1. The van der Waals surface area contributed by atoms with E-state index in [0.29, 0.717) is 18.8 Å². The molecule has 1 aromatic carbocycles. The van der Waals surface area contributed by atoms with Crippen molar-refractivity contribution in [1.29, 1.82) is 0 Å². The molecular weight excluding hydrogens is 232 g/mol. The summed E-state index contributed by atoms with van der Waals surface area (Å²) >= 11 is 0. The van der Waals surface area contributed by atoms with E-state index in [0.717, 1.165) is 11.0 Å². The highest BCUT2D eigenvalue weighted by Gasteiger charge is 2.30. The van der Waals surface area contributed by atoms with Gasteiger partial charge in [-0.2, -0.15) is 0 Å². The predicted molar refractivity (Wildman–Crippen MR) is 65.6 cm³/mol. The summed E-state index contributed by atoms with van der Waals surface area (Å²) in [6.45, 7) is 0. The largest absolute Gasteiger partial charge is 0.369 e. The number of nitrogen functional groups attached to an aromatic ring is 1. The zero-order valence-electron chi connectivity index (χ0n) is 9.59. The van der Waals surface area contributed by atoms with Crippen molar-refractivity contribution in [2.24, 2.45) is 0 Å². The number of anilines is 1. The molecule has 2 aromatic rings. The number of aromatic nitrogens is 2. The van der Waals surface area contributed by atoms with Crippen LogP contribution in [0.1, 0.15) is 18.9 Å². The van der Waals surface area contributed by atoms with Crippen molar-refractivity contribution >= 4 is 28.8 Å². The Labute approximate surface area is 103 Å². The molecule has 3 rings (SSSR count). The average Bonchev–Trinajstić information content (AvgIpc) is 2.66. The fraction of sp³-hybridized carbons (Fsp3) is 0.250. The van der Waals surface area contributed by atoms with Crippen LogP contribution in [0.4, 0.5) is 5.95 Å². The van der Waals surface area contributed by atoms with Gasteiger partial charge in [0.15, 0.2) is 0 Å². The molecule has 1 aromatic heterocycles. The summed E-state index contributed by atoms with van der Waals surface area (Å²) in [5.41, 5.74) is 7.43. The Balaban J connectivity index is 2.11. The highest BCUT2D eigenvalue weighted by atomic mass is 16.2. The lowest BCUT2D eigenvalue weighted by Gasteiger charge is -2.23. The first-order valence-electron chi connectivity index (χ1n) is 5.73. The lowest BCUT2D eigenvalue weighted by atomic mass is 10.1. The van der Waals surface area contributed by atoms with Crippen molar-refractivity contribution in [3.8, 4) is 0 Å². The van der Waals surface area contributed by atoms with E-state index in [1.165, 1.54) is 0 Å². The summed E-state index contributed by atoms with van der Waals surface area (Å²) in [5.74, 6) is -0.258. The molecule has 6 heteroatoms. The lowest BCUT2D eigenvalue weighted by Crippen LogP contribution is -2.41. The molecule has 0 saturated carbocycles. The molecule has 2 amide bonds. The number of hydrogen-bond donors (Lipinski definition) is 2. The van der Waals surface area contributed by atoms with Crippen LogP contribution in [0.25, 0.3) is 11.0 Å². The van der Waals surface area contributed by atoms with Crippen LogP contribution in [0.5, 0.6) is 0 Å². The van der Waals surface area contributed by atoms with Gasteiger partial charge in [0.2, 0.25) is 17.8 Å². The van der Waals surface area contributed by atoms with Crippen molar-refractivity contribution in [3.63, 3.8) is 0 Å². The van der Waals surface area contributed by atoms with E-state index in [-0.39, 0.29) is 11.8 Å². The van der Waals surface area contributed by atoms with Gasteiger partial charge in [0.25, 0.3) is 0 Å². The van der Waals surface area contributed by atoms with Crippen molar-refractivity contribution in [1.82, 2.24) is 14.9 Å². The van der Waals surface area contributed by atoms with Gasteiger partial charge in [0, 0.05) is 6.42 Å². The molecule has 2 heterocycles. The maximum Gasteiger partial charge on any atom is 0.249 e. The summed E-state index contributed by atoms with van der Waals surface area (Å²) in [6, 6.07) is 6.97. The van der Waals surface area contributed by atoms with Crippen molar-refractivity contribution in [2.75, 3.05) is 5.73 Å². The molecule has 1 atom stereocenters. The van der Waals surface area contributed by atoms with Crippen LogP contribution in [0.15, 0.2) is 24.3 Å². The van der Waals surface area contributed by atoms with E-state index in [9.17, 15) is 9.59 Å². The average molecular weight is 244 g/mol. The van der Waals surface area contributed by atoms with Crippen molar-refractivity contribution in [2.45, 2.75) is 18.9 Å². The SMILES string of the molecule is Nc1nc2ccccc2n1C1CCC(=O)NC1=O. The summed E-state index contributed by atoms with van der Waals surface area (Å²) in [6.07, 6.45) is 0.775. The third kappa shape index (κ3) is 1.54. The first kappa shape index (κ1) is 10.8. The van der Waals surface area contributed by atoms with E-state index >= 15 is 0 Å². The van der Waals surface area contributed by atoms with Gasteiger partial charge in [-0.3, -0.25) is 19.5 Å². The number of benzene rings is 1. The van der Waals surface area contributed by atoms with Crippen LogP contribution in [-0.2, 0) is 9.59 Å². The maximum atomic E-state index is 11.9. The molecule has 1 saturated heterocycles. The molecule has 0 spiro atoms. The van der Waals surface area contributed by atoms with E-state index in [4.69, 9.17) is 5.73 Å². The van der Waals surface area contributed by atoms with E-state index in [2.05, 4.69) is 10.3 Å². The Kier molecular flexibility index (Phi) is 2.29. The van der Waals surface area contributed by atoms with Gasteiger partial charge in [0.1, 0.15) is 6.04 Å². The molecule has 6 nitrogen and oxygen atoms in total. The standard InChI is InChI=1S/C12H12N4O2/c13-12-14-7-3-1-2-4-8(7)16(12)9-5-6-10(17)15-11(9)18/h1-4,9H,5-6H2,(H2,13,14)(H,15,17,18). The smallest absolute Gasteiger partial charge is 0.249 e. The minimum absolute atomic E-state index is 0.237. The molecule has 3 N–H and O–H groups in total. The Morgan fingerprint density at radius 2 is 2.11 bits per heavy atom. The van der Waals surface area contributed by atoms with Crippen LogP contribution in [-0.4, -0.2) is 21.4 Å². The number of nitrogens with two attached hydrogens (primary N) is 1. The number of hydrogen-bond acceptors (Lipinski definition) is 4. The number of carbonyl (C=O) groups is 2. The second-order valence-corrected chi connectivity index (χ2v) is 4.30. The van der Waals surface area contributed by atoms with Crippen LogP contribution < -0.4 is 11.1 Å². The highest BCUT2D eigenvalue weighted by Crippen LogP contribution is 2.27. The second-order valence-electron chi connectivity index (χ2n) is 4.30. The van der Waals surface area contributed by atoms with Crippen LogP contribution in [0, 0.1) is 0 Å². The zero-order valence-corrected chi connectivity index (χ0v) is 9.59. The lowest BCUT2D eigenvalue weighted by molar-refractivity contribution is -0.135. The molecule has 0 aliphatic carbocycles. The number of fused-ring (bicyclic) bond motifs is 1.